The van der Waals surface area contributed by atoms with E-state index >= 15 is 0 Å². The number of rotatable bonds is 4. The van der Waals surface area contributed by atoms with Gasteiger partial charge in [-0.1, -0.05) is 12.1 Å². The lowest BCUT2D eigenvalue weighted by Gasteiger charge is -2.14. The number of alkyl halides is 4. The molecule has 0 aliphatic rings. The molecular formula is C14H11BrClF3N2. The van der Waals surface area contributed by atoms with Crippen molar-refractivity contribution in [3.8, 4) is 0 Å². The molecule has 0 saturated carbocycles. The molecule has 21 heavy (non-hydrogen) atoms. The second-order valence-corrected chi connectivity index (χ2v) is 5.60. The summed E-state index contributed by atoms with van der Waals surface area (Å²) in [6.07, 6.45) is -2.44. The summed E-state index contributed by atoms with van der Waals surface area (Å²) < 4.78 is 39.2. The maximum atomic E-state index is 13.0. The number of halogens is 5. The molecule has 0 aliphatic heterocycles. The number of hydrogen-bond donors (Lipinski definition) is 1. The molecule has 2 nitrogen and oxygen atoms in total. The van der Waals surface area contributed by atoms with Crippen molar-refractivity contribution in [3.05, 3.63) is 52.1 Å². The van der Waals surface area contributed by atoms with Gasteiger partial charge in [0, 0.05) is 22.2 Å². The average molecular weight is 380 g/mol. The van der Waals surface area contributed by atoms with Gasteiger partial charge in [-0.15, -0.1) is 11.6 Å². The van der Waals surface area contributed by atoms with Crippen LogP contribution < -0.4 is 5.32 Å². The van der Waals surface area contributed by atoms with Crippen molar-refractivity contribution < 1.29 is 13.2 Å². The van der Waals surface area contributed by atoms with E-state index in [0.717, 1.165) is 11.6 Å². The number of anilines is 2. The molecule has 7 heteroatoms. The number of benzene rings is 1. The Labute approximate surface area is 133 Å². The highest BCUT2D eigenvalue weighted by molar-refractivity contribution is 9.10. The molecule has 2 aromatic rings. The van der Waals surface area contributed by atoms with Crippen LogP contribution >= 0.6 is 27.5 Å². The highest BCUT2D eigenvalue weighted by Gasteiger charge is 2.34. The molecule has 1 aromatic heterocycles. The van der Waals surface area contributed by atoms with E-state index in [2.05, 4.69) is 26.2 Å². The maximum absolute atomic E-state index is 13.0. The maximum Gasteiger partial charge on any atom is 0.420 e. The van der Waals surface area contributed by atoms with Crippen LogP contribution in [0.4, 0.5) is 24.7 Å². The number of nitrogens with zero attached hydrogens (tertiary/aromatic N) is 1. The number of nitrogens with one attached hydrogen (secondary N) is 1. The van der Waals surface area contributed by atoms with Crippen molar-refractivity contribution in [2.45, 2.75) is 12.6 Å². The van der Waals surface area contributed by atoms with E-state index in [-0.39, 0.29) is 10.3 Å². The molecule has 1 aromatic carbocycles. The van der Waals surface area contributed by atoms with Gasteiger partial charge in [0.1, 0.15) is 5.82 Å². The minimum atomic E-state index is -4.47. The van der Waals surface area contributed by atoms with Crippen LogP contribution in [0.2, 0.25) is 0 Å². The monoisotopic (exact) mass is 378 g/mol. The summed E-state index contributed by atoms with van der Waals surface area (Å²) in [5.74, 6) is 0.273. The van der Waals surface area contributed by atoms with Crippen LogP contribution in [-0.4, -0.2) is 10.9 Å². The van der Waals surface area contributed by atoms with E-state index in [1.165, 1.54) is 6.20 Å². The first kappa shape index (κ1) is 16.1. The van der Waals surface area contributed by atoms with Gasteiger partial charge in [0.2, 0.25) is 0 Å². The molecule has 1 N–H and O–H groups in total. The Morgan fingerprint density at radius 2 is 1.86 bits per heavy atom. The molecule has 0 spiro atoms. The van der Waals surface area contributed by atoms with Gasteiger partial charge in [-0.25, -0.2) is 4.98 Å². The Balaban J connectivity index is 2.27. The zero-order valence-corrected chi connectivity index (χ0v) is 13.1. The van der Waals surface area contributed by atoms with Crippen molar-refractivity contribution in [2.24, 2.45) is 0 Å². The molecular weight excluding hydrogens is 369 g/mol. The van der Waals surface area contributed by atoms with E-state index in [0.29, 0.717) is 18.0 Å². The Kier molecular flexibility index (Phi) is 5.11. The minimum absolute atomic E-state index is 0.226. The second-order valence-electron chi connectivity index (χ2n) is 4.31. The predicted molar refractivity (Wildman–Crippen MR) is 81.1 cm³/mol. The minimum Gasteiger partial charge on any atom is -0.340 e. The zero-order chi connectivity index (χ0) is 15.5. The lowest BCUT2D eigenvalue weighted by atomic mass is 10.1. The molecule has 0 radical (unpaired) electrons. The predicted octanol–water partition coefficient (Wildman–Crippen LogP) is 5.39. The van der Waals surface area contributed by atoms with Gasteiger partial charge in [0.05, 0.1) is 5.56 Å². The fourth-order valence-corrected chi connectivity index (χ4v) is 2.31. The van der Waals surface area contributed by atoms with E-state index in [1.807, 2.05) is 12.1 Å². The lowest BCUT2D eigenvalue weighted by Crippen LogP contribution is -2.10. The molecule has 2 rings (SSSR count). The quantitative estimate of drug-likeness (QED) is 0.721. The Morgan fingerprint density at radius 3 is 2.43 bits per heavy atom. The molecule has 0 fully saturated rings. The summed E-state index contributed by atoms with van der Waals surface area (Å²) in [6, 6.07) is 8.03. The standard InChI is InChI=1S/C14H11BrClF3N2/c15-10-7-12(14(17,18)19)13(20-8-10)21-11-3-1-9(2-4-11)5-6-16/h1-4,7-8H,5-6H2,(H,20,21). The average Bonchev–Trinajstić information content (AvgIpc) is 2.42. The van der Waals surface area contributed by atoms with Crippen molar-refractivity contribution in [2.75, 3.05) is 11.2 Å². The SMILES string of the molecule is FC(F)(F)c1cc(Br)cnc1Nc1ccc(CCCl)cc1. The fourth-order valence-electron chi connectivity index (χ4n) is 1.76. The van der Waals surface area contributed by atoms with Gasteiger partial charge in [0.15, 0.2) is 0 Å². The summed E-state index contributed by atoms with van der Waals surface area (Å²) in [5, 5.41) is 2.69. The number of aromatic nitrogens is 1. The molecule has 0 atom stereocenters. The van der Waals surface area contributed by atoms with Gasteiger partial charge in [-0.05, 0) is 46.1 Å². The molecule has 0 bridgehead atoms. The van der Waals surface area contributed by atoms with Gasteiger partial charge < -0.3 is 5.32 Å². The molecule has 112 valence electrons. The first-order chi connectivity index (χ1) is 9.90. The molecule has 0 aliphatic carbocycles. The fraction of sp³-hybridized carbons (Fsp3) is 0.214. The van der Waals surface area contributed by atoms with Gasteiger partial charge >= 0.3 is 6.18 Å². The van der Waals surface area contributed by atoms with Crippen LogP contribution in [-0.2, 0) is 12.6 Å². The van der Waals surface area contributed by atoms with Crippen molar-refractivity contribution in [1.82, 2.24) is 4.98 Å². The number of pyridine rings is 1. The third kappa shape index (κ3) is 4.35. The van der Waals surface area contributed by atoms with Crippen LogP contribution in [0.15, 0.2) is 41.0 Å². The topological polar surface area (TPSA) is 24.9 Å². The van der Waals surface area contributed by atoms with E-state index < -0.39 is 11.7 Å². The van der Waals surface area contributed by atoms with Crippen LogP contribution in [0.5, 0.6) is 0 Å². The Bertz CT molecular complexity index is 615. The highest BCUT2D eigenvalue weighted by atomic mass is 79.9. The second kappa shape index (κ2) is 6.66. The smallest absolute Gasteiger partial charge is 0.340 e. The summed E-state index contributed by atoms with van der Waals surface area (Å²) in [6.45, 7) is 0. The van der Waals surface area contributed by atoms with Crippen LogP contribution in [0.25, 0.3) is 0 Å². The largest absolute Gasteiger partial charge is 0.420 e. The Morgan fingerprint density at radius 1 is 1.19 bits per heavy atom. The molecule has 1 heterocycles. The molecule has 0 unspecified atom stereocenters. The van der Waals surface area contributed by atoms with Crippen LogP contribution in [0, 0.1) is 0 Å². The third-order valence-corrected chi connectivity index (χ3v) is 3.38. The number of aryl methyl sites for hydroxylation is 1. The first-order valence-electron chi connectivity index (χ1n) is 6.05. The molecule has 0 saturated heterocycles. The number of hydrogen-bond acceptors (Lipinski definition) is 2. The normalized spacial score (nSPS) is 11.5. The lowest BCUT2D eigenvalue weighted by molar-refractivity contribution is -0.137. The summed E-state index contributed by atoms with van der Waals surface area (Å²) in [7, 11) is 0. The van der Waals surface area contributed by atoms with Gasteiger partial charge in [-0.2, -0.15) is 13.2 Å². The molecule has 0 amide bonds. The van der Waals surface area contributed by atoms with Gasteiger partial charge in [0.25, 0.3) is 0 Å². The summed E-state index contributed by atoms with van der Waals surface area (Å²) >= 11 is 8.63. The van der Waals surface area contributed by atoms with Gasteiger partial charge in [-0.3, -0.25) is 0 Å². The zero-order valence-electron chi connectivity index (χ0n) is 10.7. The van der Waals surface area contributed by atoms with E-state index in [9.17, 15) is 13.2 Å². The highest BCUT2D eigenvalue weighted by Crippen LogP contribution is 2.36. The van der Waals surface area contributed by atoms with Crippen molar-refractivity contribution >= 4 is 39.0 Å². The summed E-state index contributed by atoms with van der Waals surface area (Å²) in [5.41, 5.74) is 0.741. The summed E-state index contributed by atoms with van der Waals surface area (Å²) in [4.78, 5) is 3.80. The van der Waals surface area contributed by atoms with Crippen LogP contribution in [0.3, 0.4) is 0 Å². The van der Waals surface area contributed by atoms with E-state index in [4.69, 9.17) is 11.6 Å². The van der Waals surface area contributed by atoms with Crippen LogP contribution in [0.1, 0.15) is 11.1 Å². The van der Waals surface area contributed by atoms with Crippen molar-refractivity contribution in [3.63, 3.8) is 0 Å². The first-order valence-corrected chi connectivity index (χ1v) is 7.37. The third-order valence-electron chi connectivity index (χ3n) is 2.76. The Hall–Kier alpha value is -1.27. The van der Waals surface area contributed by atoms with Crippen molar-refractivity contribution in [1.29, 1.82) is 0 Å². The van der Waals surface area contributed by atoms with E-state index in [1.54, 1.807) is 12.1 Å².